The highest BCUT2D eigenvalue weighted by molar-refractivity contribution is 9.10. The number of nitrogens with zero attached hydrogens (tertiary/aromatic N) is 2. The number of aromatic nitrogens is 2. The van der Waals surface area contributed by atoms with Gasteiger partial charge in [0.2, 0.25) is 0 Å². The molecule has 130 valence electrons. The highest BCUT2D eigenvalue weighted by Gasteiger charge is 2.12. The Morgan fingerprint density at radius 1 is 0.880 bits per heavy atom. The van der Waals surface area contributed by atoms with E-state index in [9.17, 15) is 0 Å². The van der Waals surface area contributed by atoms with E-state index in [-0.39, 0.29) is 24.4 Å². The van der Waals surface area contributed by atoms with Gasteiger partial charge in [-0.3, -0.25) is 0 Å². The van der Waals surface area contributed by atoms with Gasteiger partial charge in [0.15, 0.2) is 11.2 Å². The summed E-state index contributed by atoms with van der Waals surface area (Å²) in [6.45, 7) is 0. The molecule has 0 aliphatic rings. The fourth-order valence-electron chi connectivity index (χ4n) is 2.04. The Bertz CT molecular complexity index is 1010. The largest absolute Gasteiger partial charge is 0.488 e. The van der Waals surface area contributed by atoms with Crippen molar-refractivity contribution in [2.45, 2.75) is 0 Å². The highest BCUT2D eigenvalue weighted by Crippen LogP contribution is 2.20. The molecule has 0 spiro atoms. The maximum Gasteiger partial charge on any atom is 0.488 e. The predicted octanol–water partition coefficient (Wildman–Crippen LogP) is 1.68. The quantitative estimate of drug-likeness (QED) is 0.336. The smallest absolute Gasteiger partial charge is 0.424 e. The Morgan fingerprint density at radius 2 is 1.40 bits per heavy atom. The first-order chi connectivity index (χ1) is 11.4. The Hall–Kier alpha value is -2.27. The molecule has 0 saturated heterocycles. The number of nitrogen functional groups attached to an aromatic ring is 2. The van der Waals surface area contributed by atoms with Gasteiger partial charge < -0.3 is 30.3 Å². The molecule has 0 amide bonds. The summed E-state index contributed by atoms with van der Waals surface area (Å²) in [7, 11) is -1.50. The van der Waals surface area contributed by atoms with E-state index in [2.05, 4.69) is 25.9 Å². The molecule has 0 fully saturated rings. The fraction of sp³-hybridized carbons (Fsp3) is 0. The molecule has 4 rings (SSSR count). The molecule has 8 nitrogen and oxygen atoms in total. The van der Waals surface area contributed by atoms with Gasteiger partial charge in [0.1, 0.15) is 11.0 Å². The number of benzene rings is 2. The lowest BCUT2D eigenvalue weighted by Crippen LogP contribution is -2.29. The van der Waals surface area contributed by atoms with Gasteiger partial charge in [-0.25, -0.2) is 0 Å². The molecule has 4 aromatic rings. The zero-order valence-electron chi connectivity index (χ0n) is 12.6. The number of anilines is 2. The molecular weight excluding hydrogens is 414 g/mol. The van der Waals surface area contributed by atoms with E-state index in [1.54, 1.807) is 6.07 Å². The molecule has 2 heterocycles. The Kier molecular flexibility index (Phi) is 5.91. The van der Waals surface area contributed by atoms with Crippen molar-refractivity contribution < 1.29 is 18.9 Å². The van der Waals surface area contributed by atoms with Crippen molar-refractivity contribution in [1.29, 1.82) is 0 Å². The number of nitrogens with two attached hydrogens (primary N) is 2. The average Bonchev–Trinajstić information content (AvgIpc) is 3.06. The third kappa shape index (κ3) is 4.43. The van der Waals surface area contributed by atoms with Crippen molar-refractivity contribution >= 4 is 75.1 Å². The molecule has 0 atom stereocenters. The SMILES string of the molecule is Cl.Nc1nc2cc(B(O)O)ccc2o1.Nc1nc2cc(Br)ccc2o1. The minimum Gasteiger partial charge on any atom is -0.424 e. The maximum absolute atomic E-state index is 8.86. The molecule has 25 heavy (non-hydrogen) atoms. The Morgan fingerprint density at radius 3 is 1.96 bits per heavy atom. The van der Waals surface area contributed by atoms with Crippen LogP contribution in [0.1, 0.15) is 0 Å². The van der Waals surface area contributed by atoms with Gasteiger partial charge in [0.05, 0.1) is 0 Å². The number of hydrogen-bond donors (Lipinski definition) is 4. The lowest BCUT2D eigenvalue weighted by molar-refractivity contribution is 0.426. The van der Waals surface area contributed by atoms with E-state index < -0.39 is 7.12 Å². The molecule has 0 aliphatic carbocycles. The van der Waals surface area contributed by atoms with E-state index >= 15 is 0 Å². The molecular formula is C14H13BBrClN4O4. The van der Waals surface area contributed by atoms with E-state index in [0.29, 0.717) is 22.1 Å². The van der Waals surface area contributed by atoms with Crippen LogP contribution >= 0.6 is 28.3 Å². The molecule has 2 aromatic heterocycles. The zero-order valence-corrected chi connectivity index (χ0v) is 15.0. The molecule has 0 bridgehead atoms. The van der Waals surface area contributed by atoms with Crippen molar-refractivity contribution in [2.24, 2.45) is 0 Å². The summed E-state index contributed by atoms with van der Waals surface area (Å²) in [5.74, 6) is 0. The molecule has 2 aromatic carbocycles. The van der Waals surface area contributed by atoms with Crippen molar-refractivity contribution in [2.75, 3.05) is 11.5 Å². The van der Waals surface area contributed by atoms with Crippen LogP contribution in [0.5, 0.6) is 0 Å². The van der Waals surface area contributed by atoms with Crippen LogP contribution in [0.4, 0.5) is 12.0 Å². The number of halogens is 2. The average molecular weight is 427 g/mol. The first kappa shape index (κ1) is 19.1. The third-order valence-electron chi connectivity index (χ3n) is 3.09. The molecule has 0 aliphatic heterocycles. The van der Waals surface area contributed by atoms with E-state index in [1.807, 2.05) is 18.2 Å². The lowest BCUT2D eigenvalue weighted by atomic mass is 9.80. The monoisotopic (exact) mass is 426 g/mol. The van der Waals surface area contributed by atoms with Gasteiger partial charge in [-0.05, 0) is 35.8 Å². The second-order valence-electron chi connectivity index (χ2n) is 4.82. The summed E-state index contributed by atoms with van der Waals surface area (Å²) < 4.78 is 11.0. The van der Waals surface area contributed by atoms with Crippen LogP contribution in [0.2, 0.25) is 0 Å². The normalized spacial score (nSPS) is 10.2. The van der Waals surface area contributed by atoms with Crippen molar-refractivity contribution in [3.63, 3.8) is 0 Å². The van der Waals surface area contributed by atoms with Gasteiger partial charge in [0, 0.05) is 4.47 Å². The van der Waals surface area contributed by atoms with Crippen LogP contribution in [0.25, 0.3) is 22.2 Å². The zero-order chi connectivity index (χ0) is 17.3. The van der Waals surface area contributed by atoms with Crippen LogP contribution in [0, 0.1) is 0 Å². The molecule has 0 unspecified atom stereocenters. The number of rotatable bonds is 1. The summed E-state index contributed by atoms with van der Waals surface area (Å²) in [5, 5.41) is 17.7. The van der Waals surface area contributed by atoms with Crippen LogP contribution in [-0.4, -0.2) is 27.1 Å². The third-order valence-corrected chi connectivity index (χ3v) is 3.59. The molecule has 0 radical (unpaired) electrons. The van der Waals surface area contributed by atoms with Crippen molar-refractivity contribution in [3.05, 3.63) is 40.9 Å². The lowest BCUT2D eigenvalue weighted by Gasteiger charge is -1.96. The van der Waals surface area contributed by atoms with Crippen molar-refractivity contribution in [3.8, 4) is 0 Å². The molecule has 11 heteroatoms. The first-order valence-corrected chi connectivity index (χ1v) is 7.55. The predicted molar refractivity (Wildman–Crippen MR) is 102 cm³/mol. The second-order valence-corrected chi connectivity index (χ2v) is 5.73. The van der Waals surface area contributed by atoms with Crippen LogP contribution in [-0.2, 0) is 0 Å². The van der Waals surface area contributed by atoms with E-state index in [4.69, 9.17) is 30.3 Å². The van der Waals surface area contributed by atoms with E-state index in [1.165, 1.54) is 12.1 Å². The summed E-state index contributed by atoms with van der Waals surface area (Å²) in [5.41, 5.74) is 13.6. The minimum atomic E-state index is -1.50. The number of fused-ring (bicyclic) bond motifs is 2. The van der Waals surface area contributed by atoms with Crippen molar-refractivity contribution in [1.82, 2.24) is 9.97 Å². The van der Waals surface area contributed by atoms with Gasteiger partial charge in [0.25, 0.3) is 12.0 Å². The summed E-state index contributed by atoms with van der Waals surface area (Å²) in [6, 6.07) is 10.5. The van der Waals surface area contributed by atoms with Gasteiger partial charge in [-0.1, -0.05) is 22.0 Å². The molecule has 6 N–H and O–H groups in total. The Labute approximate surface area is 156 Å². The topological polar surface area (TPSA) is 145 Å². The Balaban J connectivity index is 0.000000175. The second kappa shape index (κ2) is 7.75. The number of oxazole rings is 2. The molecule has 0 saturated carbocycles. The summed E-state index contributed by atoms with van der Waals surface area (Å²) >= 11 is 3.32. The summed E-state index contributed by atoms with van der Waals surface area (Å²) in [4.78, 5) is 7.80. The highest BCUT2D eigenvalue weighted by atomic mass is 79.9. The fourth-order valence-corrected chi connectivity index (χ4v) is 2.39. The van der Waals surface area contributed by atoms with Crippen LogP contribution in [0.15, 0.2) is 49.7 Å². The first-order valence-electron chi connectivity index (χ1n) is 6.76. The van der Waals surface area contributed by atoms with Crippen LogP contribution < -0.4 is 16.9 Å². The van der Waals surface area contributed by atoms with Gasteiger partial charge in [-0.15, -0.1) is 12.4 Å². The van der Waals surface area contributed by atoms with Gasteiger partial charge in [-0.2, -0.15) is 9.97 Å². The number of hydrogen-bond acceptors (Lipinski definition) is 8. The van der Waals surface area contributed by atoms with Gasteiger partial charge >= 0.3 is 7.12 Å². The minimum absolute atomic E-state index is 0. The maximum atomic E-state index is 8.86. The van der Waals surface area contributed by atoms with Crippen LogP contribution in [0.3, 0.4) is 0 Å². The van der Waals surface area contributed by atoms with E-state index in [0.717, 1.165) is 9.99 Å². The standard InChI is InChI=1S/C7H7BN2O3.C7H5BrN2O.ClH/c9-7-10-5-3-4(8(11)12)1-2-6(5)13-7;8-4-1-2-6-5(3-4)10-7(9)11-6;/h1-3,11-12H,(H2,9,10);1-3H,(H2,9,10);1H. The summed E-state index contributed by atoms with van der Waals surface area (Å²) in [6.07, 6.45) is 0.